The first kappa shape index (κ1) is 15.1. The van der Waals surface area contributed by atoms with Crippen molar-refractivity contribution in [2.75, 3.05) is 13.1 Å². The lowest BCUT2D eigenvalue weighted by molar-refractivity contribution is -0.137. The number of hydrogen-bond acceptors (Lipinski definition) is 3. The number of nitrogens with zero attached hydrogens (tertiary/aromatic N) is 1. The number of carbonyl (C=O) groups is 1. The van der Waals surface area contributed by atoms with Crippen molar-refractivity contribution in [2.45, 2.75) is 11.8 Å². The van der Waals surface area contributed by atoms with Crippen LogP contribution in [0.3, 0.4) is 0 Å². The SMILES string of the molecule is CCN(CC(=O)O)S(=O)(=O)c1ccc(Br)cc1F. The Morgan fingerprint density at radius 2 is 2.11 bits per heavy atom. The average Bonchev–Trinajstić information content (AvgIpc) is 2.24. The van der Waals surface area contributed by atoms with Crippen molar-refractivity contribution < 1.29 is 22.7 Å². The van der Waals surface area contributed by atoms with Gasteiger partial charge in [-0.2, -0.15) is 4.31 Å². The molecule has 0 bridgehead atoms. The molecule has 0 aliphatic carbocycles. The van der Waals surface area contributed by atoms with Gasteiger partial charge in [-0.25, -0.2) is 12.8 Å². The number of likely N-dealkylation sites (N-methyl/N-ethyl adjacent to an activating group) is 1. The van der Waals surface area contributed by atoms with Gasteiger partial charge in [0.2, 0.25) is 10.0 Å². The number of aliphatic carboxylic acids is 1. The molecule has 8 heteroatoms. The Hall–Kier alpha value is -0.990. The Kier molecular flexibility index (Phi) is 4.83. The molecular weight excluding hydrogens is 329 g/mol. The maximum absolute atomic E-state index is 13.6. The number of halogens is 2. The first-order valence-corrected chi connectivity index (χ1v) is 7.19. The summed E-state index contributed by atoms with van der Waals surface area (Å²) in [7, 11) is -4.14. The second-order valence-corrected chi connectivity index (χ2v) is 6.22. The van der Waals surface area contributed by atoms with E-state index in [0.29, 0.717) is 8.78 Å². The minimum atomic E-state index is -4.14. The highest BCUT2D eigenvalue weighted by molar-refractivity contribution is 9.10. The van der Waals surface area contributed by atoms with E-state index in [2.05, 4.69) is 15.9 Å². The lowest BCUT2D eigenvalue weighted by atomic mass is 10.3. The molecule has 0 fully saturated rings. The molecule has 0 amide bonds. The van der Waals surface area contributed by atoms with Crippen molar-refractivity contribution in [2.24, 2.45) is 0 Å². The molecule has 1 aromatic rings. The van der Waals surface area contributed by atoms with Gasteiger partial charge in [-0.3, -0.25) is 4.79 Å². The Bertz CT molecular complexity index is 561. The van der Waals surface area contributed by atoms with E-state index < -0.39 is 33.3 Å². The van der Waals surface area contributed by atoms with Crippen molar-refractivity contribution in [3.05, 3.63) is 28.5 Å². The van der Waals surface area contributed by atoms with Crippen LogP contribution in [-0.2, 0) is 14.8 Å². The largest absolute Gasteiger partial charge is 0.480 e. The summed E-state index contributed by atoms with van der Waals surface area (Å²) in [6, 6.07) is 3.49. The average molecular weight is 340 g/mol. The lowest BCUT2D eigenvalue weighted by Crippen LogP contribution is -2.35. The van der Waals surface area contributed by atoms with E-state index in [0.717, 1.165) is 12.1 Å². The molecule has 0 unspecified atom stereocenters. The molecule has 0 spiro atoms. The fourth-order valence-corrected chi connectivity index (χ4v) is 3.12. The molecule has 18 heavy (non-hydrogen) atoms. The minimum absolute atomic E-state index is 0.0515. The molecule has 0 saturated heterocycles. The summed E-state index contributed by atoms with van der Waals surface area (Å²) in [5.74, 6) is -2.22. The van der Waals surface area contributed by atoms with Crippen LogP contribution < -0.4 is 0 Å². The van der Waals surface area contributed by atoms with E-state index in [1.165, 1.54) is 13.0 Å². The number of rotatable bonds is 5. The summed E-state index contributed by atoms with van der Waals surface area (Å²) >= 11 is 3.01. The van der Waals surface area contributed by atoms with Crippen LogP contribution in [0.4, 0.5) is 4.39 Å². The van der Waals surface area contributed by atoms with Crippen LogP contribution in [0, 0.1) is 5.82 Å². The van der Waals surface area contributed by atoms with Crippen LogP contribution in [0.1, 0.15) is 6.92 Å². The normalized spacial score (nSPS) is 11.8. The van der Waals surface area contributed by atoms with Crippen LogP contribution >= 0.6 is 15.9 Å². The van der Waals surface area contributed by atoms with Gasteiger partial charge in [0.05, 0.1) is 0 Å². The van der Waals surface area contributed by atoms with E-state index >= 15 is 0 Å². The molecule has 5 nitrogen and oxygen atoms in total. The Balaban J connectivity index is 3.23. The second-order valence-electron chi connectivity index (χ2n) is 3.40. The Labute approximate surface area is 112 Å². The van der Waals surface area contributed by atoms with Gasteiger partial charge in [0.1, 0.15) is 17.3 Å². The molecule has 0 saturated carbocycles. The van der Waals surface area contributed by atoms with Gasteiger partial charge in [-0.1, -0.05) is 22.9 Å². The van der Waals surface area contributed by atoms with Gasteiger partial charge in [0, 0.05) is 11.0 Å². The van der Waals surface area contributed by atoms with E-state index in [1.54, 1.807) is 0 Å². The molecular formula is C10H11BrFNO4S. The van der Waals surface area contributed by atoms with Crippen LogP contribution in [0.2, 0.25) is 0 Å². The lowest BCUT2D eigenvalue weighted by Gasteiger charge is -2.18. The third-order valence-electron chi connectivity index (χ3n) is 2.18. The predicted molar refractivity (Wildman–Crippen MR) is 66.2 cm³/mol. The number of benzene rings is 1. The van der Waals surface area contributed by atoms with Crippen molar-refractivity contribution in [3.63, 3.8) is 0 Å². The number of hydrogen-bond donors (Lipinski definition) is 1. The van der Waals surface area contributed by atoms with E-state index in [-0.39, 0.29) is 6.54 Å². The highest BCUT2D eigenvalue weighted by Crippen LogP contribution is 2.22. The van der Waals surface area contributed by atoms with Crippen molar-refractivity contribution in [1.82, 2.24) is 4.31 Å². The minimum Gasteiger partial charge on any atom is -0.480 e. The molecule has 100 valence electrons. The van der Waals surface area contributed by atoms with Gasteiger partial charge < -0.3 is 5.11 Å². The Morgan fingerprint density at radius 3 is 2.56 bits per heavy atom. The first-order chi connectivity index (χ1) is 8.28. The first-order valence-electron chi connectivity index (χ1n) is 4.96. The zero-order valence-corrected chi connectivity index (χ0v) is 11.8. The highest BCUT2D eigenvalue weighted by atomic mass is 79.9. The Morgan fingerprint density at radius 1 is 1.50 bits per heavy atom. The third-order valence-corrected chi connectivity index (χ3v) is 4.62. The monoisotopic (exact) mass is 339 g/mol. The van der Waals surface area contributed by atoms with Gasteiger partial charge in [-0.05, 0) is 18.2 Å². The fourth-order valence-electron chi connectivity index (χ4n) is 1.34. The molecule has 0 aromatic heterocycles. The molecule has 0 aliphatic heterocycles. The van der Waals surface area contributed by atoms with Crippen LogP contribution in [0.15, 0.2) is 27.6 Å². The quantitative estimate of drug-likeness (QED) is 0.885. The summed E-state index contributed by atoms with van der Waals surface area (Å²) in [5, 5.41) is 8.63. The summed E-state index contributed by atoms with van der Waals surface area (Å²) < 4.78 is 38.8. The topological polar surface area (TPSA) is 74.7 Å². The highest BCUT2D eigenvalue weighted by Gasteiger charge is 2.27. The van der Waals surface area contributed by atoms with Gasteiger partial charge in [-0.15, -0.1) is 0 Å². The molecule has 0 radical (unpaired) electrons. The summed E-state index contributed by atoms with van der Waals surface area (Å²) in [6.07, 6.45) is 0. The molecule has 1 aromatic carbocycles. The standard InChI is InChI=1S/C10H11BrFNO4S/c1-2-13(6-10(14)15)18(16,17)9-4-3-7(11)5-8(9)12/h3-5H,2,6H2,1H3,(H,14,15). The summed E-state index contributed by atoms with van der Waals surface area (Å²) in [4.78, 5) is 10.0. The van der Waals surface area contributed by atoms with Gasteiger partial charge in [0.25, 0.3) is 0 Å². The third kappa shape index (κ3) is 3.27. The van der Waals surface area contributed by atoms with E-state index in [4.69, 9.17) is 5.11 Å². The maximum atomic E-state index is 13.6. The molecule has 0 aliphatic rings. The van der Waals surface area contributed by atoms with Crippen LogP contribution in [-0.4, -0.2) is 36.9 Å². The van der Waals surface area contributed by atoms with Gasteiger partial charge >= 0.3 is 5.97 Å². The number of carboxylic acids is 1. The smallest absolute Gasteiger partial charge is 0.318 e. The fraction of sp³-hybridized carbons (Fsp3) is 0.300. The van der Waals surface area contributed by atoms with Crippen LogP contribution in [0.25, 0.3) is 0 Å². The van der Waals surface area contributed by atoms with Crippen LogP contribution in [0.5, 0.6) is 0 Å². The zero-order valence-electron chi connectivity index (χ0n) is 9.43. The van der Waals surface area contributed by atoms with E-state index in [9.17, 15) is 17.6 Å². The van der Waals surface area contributed by atoms with Crippen molar-refractivity contribution >= 4 is 31.9 Å². The number of carboxylic acid groups (broad SMARTS) is 1. The molecule has 1 rings (SSSR count). The van der Waals surface area contributed by atoms with Crippen molar-refractivity contribution in [1.29, 1.82) is 0 Å². The molecule has 0 atom stereocenters. The van der Waals surface area contributed by atoms with E-state index in [1.807, 2.05) is 0 Å². The summed E-state index contributed by atoms with van der Waals surface area (Å²) in [5.41, 5.74) is 0. The molecule has 0 heterocycles. The summed E-state index contributed by atoms with van der Waals surface area (Å²) in [6.45, 7) is 0.732. The zero-order chi connectivity index (χ0) is 13.9. The predicted octanol–water partition coefficient (Wildman–Crippen LogP) is 1.68. The second kappa shape index (κ2) is 5.77. The van der Waals surface area contributed by atoms with Gasteiger partial charge in [0.15, 0.2) is 0 Å². The number of sulfonamides is 1. The maximum Gasteiger partial charge on any atom is 0.318 e. The van der Waals surface area contributed by atoms with Crippen molar-refractivity contribution in [3.8, 4) is 0 Å². The molecule has 1 N–H and O–H groups in total.